The zero-order chi connectivity index (χ0) is 42.9. The van der Waals surface area contributed by atoms with Crippen molar-refractivity contribution < 1.29 is 27.6 Å². The van der Waals surface area contributed by atoms with Crippen LogP contribution in [-0.2, 0) is 14.8 Å². The predicted molar refractivity (Wildman–Crippen MR) is 237 cm³/mol. The number of amides is 1. The van der Waals surface area contributed by atoms with Gasteiger partial charge >= 0.3 is 0 Å². The molecular formula is C45H50ClN7O7S. The molecule has 0 saturated carbocycles. The SMILES string of the molecule is CC1(C)CCCC(c2ccc(Cl)cc2)=C1C1(C)CNCCN1c1cccc(C(=O)NS(=O)(=O)c2ccc(NCC3CCOCC3)c([N+](=O)[O-])c2)c1Oc1cnc2[nH]ccc2c1. The Kier molecular flexibility index (Phi) is 11.8. The van der Waals surface area contributed by atoms with Gasteiger partial charge < -0.3 is 30.0 Å². The van der Waals surface area contributed by atoms with E-state index >= 15 is 0 Å². The third kappa shape index (κ3) is 8.69. The summed E-state index contributed by atoms with van der Waals surface area (Å²) in [6.07, 6.45) is 7.82. The number of aromatic nitrogens is 2. The molecule has 16 heteroatoms. The lowest BCUT2D eigenvalue weighted by Gasteiger charge is -2.54. The van der Waals surface area contributed by atoms with E-state index in [1.807, 2.05) is 24.3 Å². The molecule has 4 N–H and O–H groups in total. The number of sulfonamides is 1. The number of carbonyl (C=O) groups excluding carboxylic acids is 1. The van der Waals surface area contributed by atoms with Crippen LogP contribution in [0, 0.1) is 21.4 Å². The van der Waals surface area contributed by atoms with E-state index in [9.17, 15) is 23.3 Å². The second-order valence-electron chi connectivity index (χ2n) is 16.8. The minimum Gasteiger partial charge on any atom is -0.453 e. The monoisotopic (exact) mass is 867 g/mol. The first-order valence-corrected chi connectivity index (χ1v) is 22.5. The van der Waals surface area contributed by atoms with Gasteiger partial charge in [-0.25, -0.2) is 18.1 Å². The maximum absolute atomic E-state index is 14.4. The third-order valence-electron chi connectivity index (χ3n) is 12.3. The third-order valence-corrected chi connectivity index (χ3v) is 13.8. The number of hydrogen-bond donors (Lipinski definition) is 4. The second kappa shape index (κ2) is 17.1. The van der Waals surface area contributed by atoms with E-state index in [1.165, 1.54) is 29.3 Å². The van der Waals surface area contributed by atoms with Crippen LogP contribution in [0.2, 0.25) is 5.02 Å². The molecule has 1 amide bonds. The second-order valence-corrected chi connectivity index (χ2v) is 19.0. The van der Waals surface area contributed by atoms with Crippen LogP contribution in [0.25, 0.3) is 16.6 Å². The molecule has 0 spiro atoms. The van der Waals surface area contributed by atoms with Gasteiger partial charge in [-0.3, -0.25) is 14.9 Å². The Bertz CT molecular complexity index is 2610. The molecule has 0 radical (unpaired) electrons. The van der Waals surface area contributed by atoms with E-state index < -0.39 is 37.0 Å². The Morgan fingerprint density at radius 1 is 1.08 bits per heavy atom. The molecule has 61 heavy (non-hydrogen) atoms. The summed E-state index contributed by atoms with van der Waals surface area (Å²) < 4.78 is 42.3. The van der Waals surface area contributed by atoms with Crippen LogP contribution < -0.4 is 25.0 Å². The minimum atomic E-state index is -4.62. The summed E-state index contributed by atoms with van der Waals surface area (Å²) in [5.74, 6) is -0.222. The number of para-hydroxylation sites is 1. The van der Waals surface area contributed by atoms with E-state index in [-0.39, 0.29) is 28.3 Å². The molecular weight excluding hydrogens is 818 g/mol. The van der Waals surface area contributed by atoms with Crippen LogP contribution in [0.15, 0.2) is 95.7 Å². The van der Waals surface area contributed by atoms with Gasteiger partial charge in [0.2, 0.25) is 0 Å². The van der Waals surface area contributed by atoms with Gasteiger partial charge in [0.25, 0.3) is 21.6 Å². The first kappa shape index (κ1) is 42.2. The molecule has 3 aliphatic rings. The molecule has 5 aromatic rings. The molecule has 0 bridgehead atoms. The topological polar surface area (TPSA) is 181 Å². The summed E-state index contributed by atoms with van der Waals surface area (Å²) >= 11 is 6.35. The number of aromatic amines is 1. The van der Waals surface area contributed by atoms with Crippen molar-refractivity contribution in [3.8, 4) is 11.5 Å². The van der Waals surface area contributed by atoms with Crippen LogP contribution in [0.5, 0.6) is 11.5 Å². The largest absolute Gasteiger partial charge is 0.453 e. The van der Waals surface area contributed by atoms with Crippen LogP contribution in [0.1, 0.15) is 68.8 Å². The number of H-pyrrole nitrogens is 1. The number of pyridine rings is 1. The molecule has 320 valence electrons. The van der Waals surface area contributed by atoms with E-state index in [4.69, 9.17) is 21.1 Å². The van der Waals surface area contributed by atoms with Crippen molar-refractivity contribution in [3.63, 3.8) is 0 Å². The quantitative estimate of drug-likeness (QED) is 0.0696. The van der Waals surface area contributed by atoms with Crippen molar-refractivity contribution in [2.24, 2.45) is 11.3 Å². The average molecular weight is 868 g/mol. The standard InChI is InChI=1S/C45H50ClN7O7S/c1-44(2)18-5-7-35(30-9-11-32(46)12-10-30)41(44)45(3)28-47-20-21-52(45)38-8-4-6-36(40(38)60-33-24-31-15-19-48-42(31)50-27-33)43(54)51-61(57,58)34-13-14-37(39(25-34)53(55)56)49-26-29-16-22-59-23-17-29/h4,6,8-15,19,24-25,27,29,47,49H,5,7,16-18,20-23,26,28H2,1-3H3,(H,48,50)(H,51,54). The number of nitrogens with one attached hydrogen (secondary N) is 4. The summed E-state index contributed by atoms with van der Waals surface area (Å²) in [6, 6.07) is 20.3. The van der Waals surface area contributed by atoms with Gasteiger partial charge in [-0.05, 0) is 116 Å². The lowest BCUT2D eigenvalue weighted by molar-refractivity contribution is -0.384. The Labute approximate surface area is 360 Å². The lowest BCUT2D eigenvalue weighted by Crippen LogP contribution is -2.63. The number of allylic oxidation sites excluding steroid dienone is 1. The Morgan fingerprint density at radius 2 is 1.87 bits per heavy atom. The first-order chi connectivity index (χ1) is 29.2. The van der Waals surface area contributed by atoms with Crippen molar-refractivity contribution in [2.75, 3.05) is 49.6 Å². The highest BCUT2D eigenvalue weighted by atomic mass is 35.5. The van der Waals surface area contributed by atoms with Crippen molar-refractivity contribution in [1.29, 1.82) is 0 Å². The molecule has 2 aromatic heterocycles. The number of hydrogen-bond acceptors (Lipinski definition) is 11. The first-order valence-electron chi connectivity index (χ1n) is 20.6. The molecule has 4 heterocycles. The summed E-state index contributed by atoms with van der Waals surface area (Å²) in [7, 11) is -4.62. The summed E-state index contributed by atoms with van der Waals surface area (Å²) in [5.41, 5.74) is 3.70. The molecule has 8 rings (SSSR count). The Balaban J connectivity index is 1.19. The predicted octanol–water partition coefficient (Wildman–Crippen LogP) is 8.71. The van der Waals surface area contributed by atoms with E-state index in [0.717, 1.165) is 49.1 Å². The van der Waals surface area contributed by atoms with Gasteiger partial charge in [0.1, 0.15) is 17.1 Å². The van der Waals surface area contributed by atoms with Gasteiger partial charge in [0.05, 0.1) is 32.8 Å². The number of benzene rings is 3. The molecule has 14 nitrogen and oxygen atoms in total. The smallest absolute Gasteiger partial charge is 0.293 e. The average Bonchev–Trinajstić information content (AvgIpc) is 3.71. The van der Waals surface area contributed by atoms with Crippen molar-refractivity contribution in [1.82, 2.24) is 20.0 Å². The van der Waals surface area contributed by atoms with Gasteiger partial charge in [-0.2, -0.15) is 0 Å². The number of anilines is 2. The number of halogens is 1. The number of nitrogens with zero attached hydrogens (tertiary/aromatic N) is 3. The maximum atomic E-state index is 14.4. The van der Waals surface area contributed by atoms with Crippen LogP contribution in [-0.4, -0.2) is 74.1 Å². The highest BCUT2D eigenvalue weighted by molar-refractivity contribution is 7.90. The molecule has 2 fully saturated rings. The number of ether oxygens (including phenoxy) is 2. The van der Waals surface area contributed by atoms with E-state index in [2.05, 4.69) is 63.1 Å². The van der Waals surface area contributed by atoms with Crippen molar-refractivity contribution >= 4 is 61.2 Å². The van der Waals surface area contributed by atoms with Crippen LogP contribution in [0.4, 0.5) is 17.1 Å². The maximum Gasteiger partial charge on any atom is 0.293 e. The zero-order valence-corrected chi connectivity index (χ0v) is 36.0. The number of nitro benzene ring substituents is 1. The fourth-order valence-corrected chi connectivity index (χ4v) is 10.5. The van der Waals surface area contributed by atoms with Gasteiger partial charge in [-0.15, -0.1) is 0 Å². The van der Waals surface area contributed by atoms with E-state index in [0.29, 0.717) is 61.5 Å². The fourth-order valence-electron chi connectivity index (χ4n) is 9.37. The summed E-state index contributed by atoms with van der Waals surface area (Å²) in [6.45, 7) is 10.2. The van der Waals surface area contributed by atoms with Crippen molar-refractivity contribution in [3.05, 3.63) is 117 Å². The number of carbonyl (C=O) groups is 1. The highest BCUT2D eigenvalue weighted by Crippen LogP contribution is 2.53. The molecule has 3 aromatic carbocycles. The van der Waals surface area contributed by atoms with Crippen LogP contribution >= 0.6 is 11.6 Å². The fraction of sp³-hybridized carbons (Fsp3) is 0.378. The number of nitro groups is 1. The van der Waals surface area contributed by atoms with Gasteiger partial charge in [-0.1, -0.05) is 43.6 Å². The molecule has 1 unspecified atom stereocenters. The summed E-state index contributed by atoms with van der Waals surface area (Å²) in [5, 5.41) is 20.4. The van der Waals surface area contributed by atoms with E-state index in [1.54, 1.807) is 24.5 Å². The number of fused-ring (bicyclic) bond motifs is 1. The van der Waals surface area contributed by atoms with Gasteiger partial charge in [0, 0.05) is 62.1 Å². The zero-order valence-electron chi connectivity index (χ0n) is 34.4. The number of piperazine rings is 1. The van der Waals surface area contributed by atoms with Crippen LogP contribution in [0.3, 0.4) is 0 Å². The molecule has 2 saturated heterocycles. The van der Waals surface area contributed by atoms with Crippen molar-refractivity contribution in [2.45, 2.75) is 63.3 Å². The Morgan fingerprint density at radius 3 is 2.64 bits per heavy atom. The normalized spacial score (nSPS) is 19.8. The lowest BCUT2D eigenvalue weighted by atomic mass is 9.63. The molecule has 1 aliphatic carbocycles. The van der Waals surface area contributed by atoms with Gasteiger partial charge in [0.15, 0.2) is 5.75 Å². The Hall–Kier alpha value is -5.48. The number of rotatable bonds is 12. The molecule has 1 atom stereocenters. The summed E-state index contributed by atoms with van der Waals surface area (Å²) in [4.78, 5) is 35.4. The minimum absolute atomic E-state index is 0.0461. The molecule has 2 aliphatic heterocycles. The highest BCUT2D eigenvalue weighted by Gasteiger charge is 2.48.